The fourth-order valence-electron chi connectivity index (χ4n) is 1.91. The van der Waals surface area contributed by atoms with Crippen molar-refractivity contribution in [2.75, 3.05) is 32.2 Å². The molecule has 0 amide bonds. The summed E-state index contributed by atoms with van der Waals surface area (Å²) in [6.45, 7) is 9.14. The molecule has 0 aliphatic rings. The number of nitrogens with zero attached hydrogens (tertiary/aromatic N) is 1. The van der Waals surface area contributed by atoms with E-state index in [0.717, 1.165) is 19.7 Å². The molecule has 0 aromatic heterocycles. The molecule has 0 aliphatic heterocycles. The van der Waals surface area contributed by atoms with Crippen molar-refractivity contribution in [3.8, 4) is 0 Å². The van der Waals surface area contributed by atoms with E-state index in [9.17, 15) is 0 Å². The van der Waals surface area contributed by atoms with Gasteiger partial charge < -0.3 is 15.0 Å². The quantitative estimate of drug-likeness (QED) is 0.753. The van der Waals surface area contributed by atoms with E-state index in [4.69, 9.17) is 4.74 Å². The maximum Gasteiger partial charge on any atom is 0.0587 e. The van der Waals surface area contributed by atoms with Crippen molar-refractivity contribution in [2.24, 2.45) is 0 Å². The van der Waals surface area contributed by atoms with Gasteiger partial charge in [0.25, 0.3) is 0 Å². The van der Waals surface area contributed by atoms with Crippen molar-refractivity contribution in [1.82, 2.24) is 5.32 Å². The smallest absolute Gasteiger partial charge is 0.0587 e. The molecule has 0 atom stereocenters. The fourth-order valence-corrected chi connectivity index (χ4v) is 1.91. The second-order valence-electron chi connectivity index (χ2n) is 5.00. The zero-order valence-corrected chi connectivity index (χ0v) is 12.3. The summed E-state index contributed by atoms with van der Waals surface area (Å²) in [5.74, 6) is 0. The predicted molar refractivity (Wildman–Crippen MR) is 78.3 cm³/mol. The zero-order chi connectivity index (χ0) is 13.5. The molecular weight excluding hydrogens is 224 g/mol. The Bertz CT molecular complexity index is 364. The number of rotatable bonds is 7. The van der Waals surface area contributed by atoms with Crippen LogP contribution in [0.3, 0.4) is 0 Å². The van der Waals surface area contributed by atoms with Crippen molar-refractivity contribution < 1.29 is 4.74 Å². The maximum atomic E-state index is 5.01. The van der Waals surface area contributed by atoms with Gasteiger partial charge in [-0.2, -0.15) is 0 Å². The van der Waals surface area contributed by atoms with E-state index in [0.29, 0.717) is 6.04 Å². The minimum absolute atomic E-state index is 0.523. The first kappa shape index (κ1) is 15.0. The molecule has 0 radical (unpaired) electrons. The van der Waals surface area contributed by atoms with Crippen LogP contribution < -0.4 is 10.2 Å². The van der Waals surface area contributed by atoms with Crippen LogP contribution in [0.1, 0.15) is 25.0 Å². The Kier molecular flexibility index (Phi) is 6.16. The highest BCUT2D eigenvalue weighted by Crippen LogP contribution is 2.21. The molecule has 18 heavy (non-hydrogen) atoms. The van der Waals surface area contributed by atoms with Crippen LogP contribution in [0.25, 0.3) is 0 Å². The highest BCUT2D eigenvalue weighted by atomic mass is 16.5. The van der Waals surface area contributed by atoms with Gasteiger partial charge in [0.05, 0.1) is 6.61 Å². The molecule has 3 nitrogen and oxygen atoms in total. The average Bonchev–Trinajstić information content (AvgIpc) is 2.34. The van der Waals surface area contributed by atoms with Gasteiger partial charge in [-0.05, 0) is 38.0 Å². The molecule has 0 heterocycles. The lowest BCUT2D eigenvalue weighted by Crippen LogP contribution is -2.26. The first-order valence-corrected chi connectivity index (χ1v) is 6.58. The Hall–Kier alpha value is -1.06. The largest absolute Gasteiger partial charge is 0.383 e. The molecule has 0 saturated carbocycles. The van der Waals surface area contributed by atoms with Gasteiger partial charge in [-0.15, -0.1) is 0 Å². The van der Waals surface area contributed by atoms with E-state index < -0.39 is 0 Å². The van der Waals surface area contributed by atoms with Crippen LogP contribution >= 0.6 is 0 Å². The first-order valence-electron chi connectivity index (χ1n) is 6.58. The number of hydrogen-bond donors (Lipinski definition) is 1. The van der Waals surface area contributed by atoms with Crippen molar-refractivity contribution in [3.05, 3.63) is 29.3 Å². The molecule has 1 N–H and O–H groups in total. The number of benzene rings is 1. The third-order valence-corrected chi connectivity index (χ3v) is 3.23. The van der Waals surface area contributed by atoms with E-state index in [2.05, 4.69) is 56.2 Å². The van der Waals surface area contributed by atoms with Gasteiger partial charge in [-0.1, -0.05) is 12.1 Å². The topological polar surface area (TPSA) is 24.5 Å². The molecule has 0 unspecified atom stereocenters. The fraction of sp³-hybridized carbons (Fsp3) is 0.600. The van der Waals surface area contributed by atoms with Gasteiger partial charge in [-0.25, -0.2) is 0 Å². The van der Waals surface area contributed by atoms with Gasteiger partial charge >= 0.3 is 0 Å². The summed E-state index contributed by atoms with van der Waals surface area (Å²) in [7, 11) is 3.87. The van der Waals surface area contributed by atoms with Crippen LogP contribution in [-0.4, -0.2) is 33.4 Å². The third-order valence-electron chi connectivity index (χ3n) is 3.23. The summed E-state index contributed by atoms with van der Waals surface area (Å²) in [6.07, 6.45) is 0. The minimum Gasteiger partial charge on any atom is -0.383 e. The first-order chi connectivity index (χ1) is 8.56. The predicted octanol–water partition coefficient (Wildman–Crippen LogP) is 2.58. The Balaban J connectivity index is 2.62. The third kappa shape index (κ3) is 4.31. The van der Waals surface area contributed by atoms with Crippen molar-refractivity contribution in [2.45, 2.75) is 33.4 Å². The minimum atomic E-state index is 0.523. The Morgan fingerprint density at radius 3 is 2.61 bits per heavy atom. The molecule has 1 aromatic rings. The number of anilines is 1. The lowest BCUT2D eigenvalue weighted by molar-refractivity contribution is 0.199. The molecular formula is C15H26N2O. The average molecular weight is 250 g/mol. The number of hydrogen-bond acceptors (Lipinski definition) is 3. The van der Waals surface area contributed by atoms with Crippen molar-refractivity contribution in [1.29, 1.82) is 0 Å². The van der Waals surface area contributed by atoms with Gasteiger partial charge in [-0.3, -0.25) is 0 Å². The van der Waals surface area contributed by atoms with Crippen LogP contribution in [0.15, 0.2) is 18.2 Å². The standard InChI is InChI=1S/C15H26N2O/c1-12(2)17(4)15-7-6-14(10-13(15)3)11-16-8-9-18-5/h6-7,10,12,16H,8-9,11H2,1-5H3. The van der Waals surface area contributed by atoms with Crippen LogP contribution in [-0.2, 0) is 11.3 Å². The van der Waals surface area contributed by atoms with E-state index in [1.54, 1.807) is 7.11 Å². The monoisotopic (exact) mass is 250 g/mol. The molecule has 0 bridgehead atoms. The van der Waals surface area contributed by atoms with Crippen LogP contribution in [0.4, 0.5) is 5.69 Å². The highest BCUT2D eigenvalue weighted by Gasteiger charge is 2.08. The van der Waals surface area contributed by atoms with Crippen molar-refractivity contribution >= 4 is 5.69 Å². The Morgan fingerprint density at radius 2 is 2.06 bits per heavy atom. The number of nitrogens with one attached hydrogen (secondary N) is 1. The summed E-state index contributed by atoms with van der Waals surface area (Å²) in [4.78, 5) is 2.30. The summed E-state index contributed by atoms with van der Waals surface area (Å²) >= 11 is 0. The van der Waals surface area contributed by atoms with Gasteiger partial charge in [0.1, 0.15) is 0 Å². The molecule has 3 heteroatoms. The normalized spacial score (nSPS) is 11.0. The van der Waals surface area contributed by atoms with Crippen LogP contribution in [0, 0.1) is 6.92 Å². The summed E-state index contributed by atoms with van der Waals surface area (Å²) < 4.78 is 5.01. The Labute approximate surface area is 111 Å². The summed E-state index contributed by atoms with van der Waals surface area (Å²) in [5.41, 5.74) is 3.97. The number of aryl methyl sites for hydroxylation is 1. The SMILES string of the molecule is COCCNCc1ccc(N(C)C(C)C)c(C)c1. The molecule has 0 spiro atoms. The Morgan fingerprint density at radius 1 is 1.33 bits per heavy atom. The van der Waals surface area contributed by atoms with Gasteiger partial charge in [0.15, 0.2) is 0 Å². The maximum absolute atomic E-state index is 5.01. The summed E-state index contributed by atoms with van der Waals surface area (Å²) in [5, 5.41) is 3.36. The number of methoxy groups -OCH3 is 1. The highest BCUT2D eigenvalue weighted by molar-refractivity contribution is 5.54. The van der Waals surface area contributed by atoms with Gasteiger partial charge in [0, 0.05) is 39.0 Å². The van der Waals surface area contributed by atoms with E-state index in [1.807, 2.05) is 0 Å². The van der Waals surface area contributed by atoms with E-state index in [1.165, 1.54) is 16.8 Å². The van der Waals surface area contributed by atoms with Gasteiger partial charge in [0.2, 0.25) is 0 Å². The van der Waals surface area contributed by atoms with E-state index in [-0.39, 0.29) is 0 Å². The molecule has 1 aromatic carbocycles. The second-order valence-corrected chi connectivity index (χ2v) is 5.00. The molecule has 0 aliphatic carbocycles. The van der Waals surface area contributed by atoms with Crippen LogP contribution in [0.2, 0.25) is 0 Å². The second kappa shape index (κ2) is 7.39. The molecule has 0 fully saturated rings. The molecule has 0 saturated heterocycles. The lowest BCUT2D eigenvalue weighted by atomic mass is 10.1. The number of ether oxygens (including phenoxy) is 1. The molecule has 102 valence electrons. The summed E-state index contributed by atoms with van der Waals surface area (Å²) in [6, 6.07) is 7.19. The molecule has 1 rings (SSSR count). The van der Waals surface area contributed by atoms with Crippen molar-refractivity contribution in [3.63, 3.8) is 0 Å². The van der Waals surface area contributed by atoms with Crippen LogP contribution in [0.5, 0.6) is 0 Å². The lowest BCUT2D eigenvalue weighted by Gasteiger charge is -2.26. The zero-order valence-electron chi connectivity index (χ0n) is 12.3. The van der Waals surface area contributed by atoms with E-state index >= 15 is 0 Å².